The predicted octanol–water partition coefficient (Wildman–Crippen LogP) is -0.922. The molecule has 3 aliphatic heterocycles. The Labute approximate surface area is 254 Å². The fraction of sp³-hybridized carbons (Fsp3) is 0.526. The quantitative estimate of drug-likeness (QED) is 0.159. The second-order valence-electron chi connectivity index (χ2n) is 9.95. The SMILES string of the molecule is Nc1nc2c(nnn2[C@@H]2O[C@@H]3COP(O)(=S)O[C@@H]4[C@@H](COP(O)(=S)O[C@@H]2C3)OC[C@@]4(F)n2cnc3c(N)ncnc32)c(=O)[nH]1. The molecule has 7 N–H and O–H groups in total. The Morgan fingerprint density at radius 3 is 2.66 bits per heavy atom. The van der Waals surface area contributed by atoms with Gasteiger partial charge in [0.1, 0.15) is 30.7 Å². The summed E-state index contributed by atoms with van der Waals surface area (Å²) in [5, 5.41) is 7.78. The molecule has 0 aromatic carbocycles. The Balaban J connectivity index is 1.21. The van der Waals surface area contributed by atoms with Crippen LogP contribution in [0.3, 0.4) is 0 Å². The highest BCUT2D eigenvalue weighted by Crippen LogP contribution is 2.55. The molecule has 20 nitrogen and oxygen atoms in total. The van der Waals surface area contributed by atoms with Crippen molar-refractivity contribution < 1.29 is 41.7 Å². The average Bonchev–Trinajstić information content (AvgIpc) is 3.72. The minimum Gasteiger partial charge on any atom is -0.382 e. The monoisotopic (exact) mass is 693 g/mol. The summed E-state index contributed by atoms with van der Waals surface area (Å²) in [4.78, 5) is 52.8. The molecule has 3 fully saturated rings. The van der Waals surface area contributed by atoms with Gasteiger partial charge in [0.2, 0.25) is 11.7 Å². The van der Waals surface area contributed by atoms with E-state index in [2.05, 4.69) is 35.2 Å². The lowest BCUT2D eigenvalue weighted by Gasteiger charge is -2.32. The van der Waals surface area contributed by atoms with Gasteiger partial charge in [-0.25, -0.2) is 19.3 Å². The topological polar surface area (TPSA) is 268 Å². The zero-order valence-corrected chi connectivity index (χ0v) is 25.4. The van der Waals surface area contributed by atoms with Gasteiger partial charge in [0.05, 0.1) is 25.6 Å². The smallest absolute Gasteiger partial charge is 0.325 e. The van der Waals surface area contributed by atoms with Crippen molar-refractivity contribution in [2.45, 2.75) is 42.9 Å². The standard InChI is InChI=1S/C19H22FN11O9P2S2/c20-19(30-6-25-10-13(21)23-5-24-14(10)30)4-35-9-3-37-41(33,43)39-8-1-7(2-36-42(34,44)40-12(9)19)38-17(8)31-15-11(28-29-31)16(32)27-18(22)26-15/h5-9,12,17H,1-4H2,(H,33,43)(H,34,44)(H2,21,23,24)(H3,22,26,27,32)/t7-,8+,9+,12+,17+,19+,41?,42?/m0/s1. The van der Waals surface area contributed by atoms with Crippen molar-refractivity contribution in [3.05, 3.63) is 23.0 Å². The third-order valence-electron chi connectivity index (χ3n) is 7.12. The third-order valence-corrected chi connectivity index (χ3v) is 10.2. The predicted molar refractivity (Wildman–Crippen MR) is 152 cm³/mol. The van der Waals surface area contributed by atoms with E-state index in [-0.39, 0.29) is 47.1 Å². The van der Waals surface area contributed by atoms with Crippen LogP contribution < -0.4 is 17.0 Å². The van der Waals surface area contributed by atoms with Crippen LogP contribution >= 0.6 is 13.4 Å². The van der Waals surface area contributed by atoms with Gasteiger partial charge in [0.15, 0.2) is 35.0 Å². The minimum atomic E-state index is -4.21. The molecule has 3 saturated heterocycles. The van der Waals surface area contributed by atoms with Crippen molar-refractivity contribution in [3.63, 3.8) is 0 Å². The van der Waals surface area contributed by atoms with E-state index in [1.165, 1.54) is 0 Å². The number of halogens is 1. The van der Waals surface area contributed by atoms with E-state index in [1.54, 1.807) is 0 Å². The van der Waals surface area contributed by atoms with Crippen LogP contribution in [0.15, 0.2) is 17.4 Å². The molecular weight excluding hydrogens is 671 g/mol. The molecular formula is C19H22FN11O9P2S2. The van der Waals surface area contributed by atoms with Crippen molar-refractivity contribution in [1.82, 2.24) is 44.5 Å². The second-order valence-corrected chi connectivity index (χ2v) is 15.5. The molecule has 236 valence electrons. The maximum Gasteiger partial charge on any atom is 0.325 e. The number of rotatable bonds is 2. The first kappa shape index (κ1) is 30.0. The summed E-state index contributed by atoms with van der Waals surface area (Å²) in [6, 6.07) is 0. The molecule has 0 amide bonds. The Morgan fingerprint density at radius 2 is 1.84 bits per heavy atom. The third kappa shape index (κ3) is 5.21. The van der Waals surface area contributed by atoms with E-state index in [0.717, 1.165) is 21.9 Å². The number of H-pyrrole nitrogens is 1. The molecule has 8 atom stereocenters. The van der Waals surface area contributed by atoms with Crippen LogP contribution in [0.5, 0.6) is 0 Å². The number of nitrogens with one attached hydrogen (secondary N) is 1. The van der Waals surface area contributed by atoms with Crippen molar-refractivity contribution in [2.24, 2.45) is 0 Å². The van der Waals surface area contributed by atoms with Gasteiger partial charge < -0.3 is 44.3 Å². The second kappa shape index (κ2) is 10.7. The molecule has 0 saturated carbocycles. The lowest BCUT2D eigenvalue weighted by molar-refractivity contribution is -0.0657. The zero-order valence-electron chi connectivity index (χ0n) is 21.9. The van der Waals surface area contributed by atoms with Crippen LogP contribution in [0.4, 0.5) is 16.2 Å². The Hall–Kier alpha value is -2.66. The molecule has 4 aromatic heterocycles. The van der Waals surface area contributed by atoms with E-state index >= 15 is 4.39 Å². The maximum atomic E-state index is 16.9. The summed E-state index contributed by atoms with van der Waals surface area (Å²) >= 11 is 10.5. The molecule has 4 aromatic rings. The number of aromatic amines is 1. The summed E-state index contributed by atoms with van der Waals surface area (Å²) in [5.74, 6) is -2.74. The lowest BCUT2D eigenvalue weighted by atomic mass is 10.1. The van der Waals surface area contributed by atoms with Crippen LogP contribution in [-0.2, 0) is 57.0 Å². The number of aromatic nitrogens is 9. The average molecular weight is 694 g/mol. The maximum absolute atomic E-state index is 16.9. The van der Waals surface area contributed by atoms with Crippen molar-refractivity contribution >= 4 is 71.1 Å². The number of fused-ring (bicyclic) bond motifs is 5. The van der Waals surface area contributed by atoms with Crippen LogP contribution in [0.1, 0.15) is 12.6 Å². The number of nitrogens with zero attached hydrogens (tertiary/aromatic N) is 8. The molecule has 44 heavy (non-hydrogen) atoms. The number of imidazole rings is 1. The molecule has 25 heteroatoms. The summed E-state index contributed by atoms with van der Waals surface area (Å²) in [7, 11) is 0. The van der Waals surface area contributed by atoms with Gasteiger partial charge in [-0.2, -0.15) is 9.67 Å². The molecule has 2 unspecified atom stereocenters. The number of nitrogens with two attached hydrogens (primary N) is 2. The van der Waals surface area contributed by atoms with Crippen LogP contribution in [0.2, 0.25) is 0 Å². The first-order valence-electron chi connectivity index (χ1n) is 12.7. The van der Waals surface area contributed by atoms with E-state index in [9.17, 15) is 14.6 Å². The van der Waals surface area contributed by atoms with E-state index in [0.29, 0.717) is 0 Å². The normalized spacial score (nSPS) is 36.6. The van der Waals surface area contributed by atoms with E-state index < -0.39 is 68.6 Å². The zero-order chi connectivity index (χ0) is 31.0. The Morgan fingerprint density at radius 1 is 1.07 bits per heavy atom. The molecule has 0 radical (unpaired) electrons. The fourth-order valence-electron chi connectivity index (χ4n) is 5.18. The number of alkyl halides is 1. The summed E-state index contributed by atoms with van der Waals surface area (Å²) in [6.45, 7) is -9.86. The van der Waals surface area contributed by atoms with E-state index in [1.807, 2.05) is 0 Å². The Bertz CT molecular complexity index is 1930. The van der Waals surface area contributed by atoms with Gasteiger partial charge in [0.25, 0.3) is 5.56 Å². The van der Waals surface area contributed by atoms with Gasteiger partial charge >= 0.3 is 13.4 Å². The van der Waals surface area contributed by atoms with Gasteiger partial charge in [-0.3, -0.25) is 18.9 Å². The highest BCUT2D eigenvalue weighted by molar-refractivity contribution is 8.07. The molecule has 3 aliphatic rings. The highest BCUT2D eigenvalue weighted by Gasteiger charge is 2.57. The van der Waals surface area contributed by atoms with Crippen LogP contribution in [-0.4, -0.2) is 98.5 Å². The molecule has 2 bridgehead atoms. The summed E-state index contributed by atoms with van der Waals surface area (Å²) < 4.78 is 53.4. The highest BCUT2D eigenvalue weighted by atomic mass is 32.5. The van der Waals surface area contributed by atoms with E-state index in [4.69, 9.17) is 62.6 Å². The molecule has 0 spiro atoms. The first-order valence-corrected chi connectivity index (χ1v) is 17.8. The van der Waals surface area contributed by atoms with Crippen LogP contribution in [0.25, 0.3) is 22.3 Å². The largest absolute Gasteiger partial charge is 0.382 e. The number of nitrogen functional groups attached to an aromatic ring is 2. The van der Waals surface area contributed by atoms with Gasteiger partial charge in [0, 0.05) is 6.42 Å². The molecule has 7 heterocycles. The van der Waals surface area contributed by atoms with Gasteiger partial charge in [-0.05, 0) is 23.6 Å². The number of hydrogen-bond donors (Lipinski definition) is 5. The number of ether oxygens (including phenoxy) is 2. The Kier molecular flexibility index (Phi) is 7.31. The van der Waals surface area contributed by atoms with Crippen molar-refractivity contribution in [3.8, 4) is 0 Å². The molecule has 0 aliphatic carbocycles. The number of anilines is 2. The summed E-state index contributed by atoms with van der Waals surface area (Å²) in [5.41, 5.74) is 10.9. The lowest BCUT2D eigenvalue weighted by Crippen LogP contribution is -2.45. The van der Waals surface area contributed by atoms with Gasteiger partial charge in [-0.1, -0.05) is 5.21 Å². The first-order chi connectivity index (χ1) is 20.8. The fourth-order valence-corrected chi connectivity index (χ4v) is 8.08. The summed E-state index contributed by atoms with van der Waals surface area (Å²) in [6.07, 6.45) is -3.73. The molecule has 7 rings (SSSR count). The minimum absolute atomic E-state index is 0.0130. The van der Waals surface area contributed by atoms with Crippen molar-refractivity contribution in [1.29, 1.82) is 0 Å². The number of hydrogen-bond acceptors (Lipinski definition) is 17. The van der Waals surface area contributed by atoms with Crippen molar-refractivity contribution in [2.75, 3.05) is 31.3 Å². The van der Waals surface area contributed by atoms with Gasteiger partial charge in [-0.15, -0.1) is 5.10 Å². The van der Waals surface area contributed by atoms with Crippen LogP contribution in [0, 0.1) is 0 Å².